The third-order valence-corrected chi connectivity index (χ3v) is 5.22. The maximum Gasteiger partial charge on any atom is 0.220 e. The summed E-state index contributed by atoms with van der Waals surface area (Å²) in [5, 5.41) is 4.56. The first kappa shape index (κ1) is 15.9. The Morgan fingerprint density at radius 3 is 2.80 bits per heavy atom. The Morgan fingerprint density at radius 2 is 1.96 bits per heavy atom. The summed E-state index contributed by atoms with van der Waals surface area (Å²) in [6.07, 6.45) is 4.31. The second-order valence-electron chi connectivity index (χ2n) is 7.12. The largest absolute Gasteiger partial charge is 0.358 e. The molecule has 1 amide bonds. The molecule has 0 aliphatic heterocycles. The Morgan fingerprint density at radius 1 is 1.16 bits per heavy atom. The molecule has 128 valence electrons. The highest BCUT2D eigenvalue weighted by Crippen LogP contribution is 2.29. The van der Waals surface area contributed by atoms with E-state index in [1.165, 1.54) is 33.3 Å². The summed E-state index contributed by atoms with van der Waals surface area (Å²) >= 11 is 0. The Balaban J connectivity index is 1.35. The number of carbonyl (C=O) groups is 1. The molecular formula is C22H24N2O. The van der Waals surface area contributed by atoms with E-state index in [1.54, 1.807) is 0 Å². The van der Waals surface area contributed by atoms with Crippen LogP contribution in [0.1, 0.15) is 35.2 Å². The van der Waals surface area contributed by atoms with Crippen LogP contribution in [0.25, 0.3) is 10.9 Å². The van der Waals surface area contributed by atoms with Crippen LogP contribution in [-0.4, -0.2) is 16.9 Å². The van der Waals surface area contributed by atoms with Gasteiger partial charge in [0, 0.05) is 35.5 Å². The summed E-state index contributed by atoms with van der Waals surface area (Å²) in [5.74, 6) is 0.158. The number of aromatic amines is 1. The zero-order chi connectivity index (χ0) is 17.2. The minimum absolute atomic E-state index is 0.158. The van der Waals surface area contributed by atoms with E-state index in [-0.39, 0.29) is 11.9 Å². The van der Waals surface area contributed by atoms with Crippen LogP contribution >= 0.6 is 0 Å². The number of H-pyrrole nitrogens is 1. The van der Waals surface area contributed by atoms with Crippen molar-refractivity contribution in [2.75, 3.05) is 0 Å². The van der Waals surface area contributed by atoms with Crippen molar-refractivity contribution in [3.05, 3.63) is 70.9 Å². The molecular weight excluding hydrogens is 308 g/mol. The average Bonchev–Trinajstić information content (AvgIpc) is 2.99. The van der Waals surface area contributed by atoms with Gasteiger partial charge in [-0.25, -0.2) is 0 Å². The van der Waals surface area contributed by atoms with Gasteiger partial charge in [0.05, 0.1) is 0 Å². The van der Waals surface area contributed by atoms with Gasteiger partial charge in [0.15, 0.2) is 0 Å². The number of hydrogen-bond acceptors (Lipinski definition) is 1. The second-order valence-corrected chi connectivity index (χ2v) is 7.12. The van der Waals surface area contributed by atoms with Crippen molar-refractivity contribution in [1.82, 2.24) is 10.3 Å². The van der Waals surface area contributed by atoms with Gasteiger partial charge in [0.25, 0.3) is 0 Å². The summed E-state index contributed by atoms with van der Waals surface area (Å²) in [4.78, 5) is 15.8. The van der Waals surface area contributed by atoms with Crippen molar-refractivity contribution in [3.8, 4) is 0 Å². The van der Waals surface area contributed by atoms with Crippen LogP contribution in [0.3, 0.4) is 0 Å². The van der Waals surface area contributed by atoms with E-state index < -0.39 is 0 Å². The molecule has 25 heavy (non-hydrogen) atoms. The smallest absolute Gasteiger partial charge is 0.220 e. The number of para-hydroxylation sites is 1. The third-order valence-electron chi connectivity index (χ3n) is 5.22. The molecule has 1 unspecified atom stereocenters. The van der Waals surface area contributed by atoms with Crippen LogP contribution in [0.15, 0.2) is 48.5 Å². The zero-order valence-electron chi connectivity index (χ0n) is 14.6. The van der Waals surface area contributed by atoms with Crippen LogP contribution in [0.4, 0.5) is 0 Å². The van der Waals surface area contributed by atoms with Crippen molar-refractivity contribution < 1.29 is 4.79 Å². The van der Waals surface area contributed by atoms with E-state index in [9.17, 15) is 4.79 Å². The lowest BCUT2D eigenvalue weighted by Crippen LogP contribution is -2.38. The molecule has 3 heteroatoms. The summed E-state index contributed by atoms with van der Waals surface area (Å²) < 4.78 is 0. The molecule has 4 rings (SSSR count). The van der Waals surface area contributed by atoms with E-state index in [2.05, 4.69) is 65.8 Å². The van der Waals surface area contributed by atoms with Gasteiger partial charge < -0.3 is 10.3 Å². The van der Waals surface area contributed by atoms with Gasteiger partial charge in [-0.3, -0.25) is 4.79 Å². The van der Waals surface area contributed by atoms with E-state index in [1.807, 2.05) is 0 Å². The molecule has 0 spiro atoms. The topological polar surface area (TPSA) is 44.9 Å². The van der Waals surface area contributed by atoms with Crippen LogP contribution in [0.2, 0.25) is 0 Å². The van der Waals surface area contributed by atoms with E-state index in [0.29, 0.717) is 6.42 Å². The van der Waals surface area contributed by atoms with Gasteiger partial charge in [-0.05, 0) is 43.4 Å². The molecule has 1 atom stereocenters. The summed E-state index contributed by atoms with van der Waals surface area (Å²) in [6.45, 7) is 2.08. The first-order valence-electron chi connectivity index (χ1n) is 9.12. The molecule has 1 aliphatic carbocycles. The molecule has 3 nitrogen and oxygen atoms in total. The number of benzene rings is 2. The summed E-state index contributed by atoms with van der Waals surface area (Å²) in [5.41, 5.74) is 6.41. The summed E-state index contributed by atoms with van der Waals surface area (Å²) in [6, 6.07) is 17.1. The minimum Gasteiger partial charge on any atom is -0.358 e. The fourth-order valence-corrected chi connectivity index (χ4v) is 3.82. The lowest BCUT2D eigenvalue weighted by atomic mass is 9.91. The van der Waals surface area contributed by atoms with Crippen molar-refractivity contribution >= 4 is 16.8 Å². The number of aryl methyl sites for hydroxylation is 3. The molecule has 0 saturated carbocycles. The van der Waals surface area contributed by atoms with E-state index >= 15 is 0 Å². The van der Waals surface area contributed by atoms with Crippen LogP contribution in [-0.2, 0) is 24.1 Å². The lowest BCUT2D eigenvalue weighted by Gasteiger charge is -2.23. The quantitative estimate of drug-likeness (QED) is 0.743. The fraction of sp³-hybridized carbons (Fsp3) is 0.318. The molecule has 0 saturated heterocycles. The van der Waals surface area contributed by atoms with E-state index in [4.69, 9.17) is 0 Å². The number of nitrogens with one attached hydrogen (secondary N) is 2. The maximum atomic E-state index is 12.3. The van der Waals surface area contributed by atoms with E-state index in [0.717, 1.165) is 25.7 Å². The Kier molecular flexibility index (Phi) is 4.31. The third kappa shape index (κ3) is 3.46. The number of fused-ring (bicyclic) bond motifs is 3. The molecule has 1 aliphatic rings. The minimum atomic E-state index is 0.158. The van der Waals surface area contributed by atoms with Crippen molar-refractivity contribution in [3.63, 3.8) is 0 Å². The second kappa shape index (κ2) is 6.75. The molecule has 2 N–H and O–H groups in total. The maximum absolute atomic E-state index is 12.3. The number of carbonyl (C=O) groups excluding carboxylic acids is 1. The first-order valence-corrected chi connectivity index (χ1v) is 9.12. The molecule has 0 fully saturated rings. The number of rotatable bonds is 4. The summed E-state index contributed by atoms with van der Waals surface area (Å²) in [7, 11) is 0. The monoisotopic (exact) mass is 332 g/mol. The predicted octanol–water partition coefficient (Wildman–Crippen LogP) is 4.08. The molecule has 3 aromatic rings. The lowest BCUT2D eigenvalue weighted by molar-refractivity contribution is -0.121. The highest BCUT2D eigenvalue weighted by molar-refractivity contribution is 5.85. The molecule has 1 heterocycles. The van der Waals surface area contributed by atoms with Gasteiger partial charge in [-0.1, -0.05) is 48.0 Å². The first-order chi connectivity index (χ1) is 12.2. The number of aromatic nitrogens is 1. The number of amides is 1. The Bertz CT molecular complexity index is 892. The molecule has 1 aromatic heterocycles. The normalized spacial score (nSPS) is 16.6. The fourth-order valence-electron chi connectivity index (χ4n) is 3.82. The molecule has 2 aromatic carbocycles. The highest BCUT2D eigenvalue weighted by Gasteiger charge is 2.23. The van der Waals surface area contributed by atoms with Gasteiger partial charge in [-0.15, -0.1) is 0 Å². The standard InChI is InChI=1S/C22H24N2O/c1-15-6-8-16(9-7-15)10-13-22(25)23-17-11-12-19-18-4-2-3-5-20(18)24-21(19)14-17/h2-9,17,24H,10-14H2,1H3,(H,23,25). The zero-order valence-corrected chi connectivity index (χ0v) is 14.6. The molecule has 0 bridgehead atoms. The van der Waals surface area contributed by atoms with Gasteiger partial charge in [-0.2, -0.15) is 0 Å². The average molecular weight is 332 g/mol. The molecule has 0 radical (unpaired) electrons. The van der Waals surface area contributed by atoms with Crippen LogP contribution < -0.4 is 5.32 Å². The van der Waals surface area contributed by atoms with Crippen LogP contribution in [0.5, 0.6) is 0 Å². The Labute approximate surface area is 148 Å². The predicted molar refractivity (Wildman–Crippen MR) is 102 cm³/mol. The van der Waals surface area contributed by atoms with Gasteiger partial charge >= 0.3 is 0 Å². The SMILES string of the molecule is Cc1ccc(CCC(=O)NC2CCc3c([nH]c4ccccc34)C2)cc1. The Hall–Kier alpha value is -2.55. The van der Waals surface area contributed by atoms with Crippen LogP contribution in [0, 0.1) is 6.92 Å². The van der Waals surface area contributed by atoms with Crippen molar-refractivity contribution in [2.24, 2.45) is 0 Å². The van der Waals surface area contributed by atoms with Crippen molar-refractivity contribution in [1.29, 1.82) is 0 Å². The van der Waals surface area contributed by atoms with Gasteiger partial charge in [0.2, 0.25) is 5.91 Å². The van der Waals surface area contributed by atoms with Gasteiger partial charge in [0.1, 0.15) is 0 Å². The number of hydrogen-bond donors (Lipinski definition) is 2. The highest BCUT2D eigenvalue weighted by atomic mass is 16.1. The van der Waals surface area contributed by atoms with Crippen molar-refractivity contribution in [2.45, 2.75) is 45.1 Å².